The molecule has 0 aromatic heterocycles. The Morgan fingerprint density at radius 1 is 1.12 bits per heavy atom. The second kappa shape index (κ2) is 5.28. The molecule has 0 atom stereocenters. The highest BCUT2D eigenvalue weighted by Crippen LogP contribution is 2.27. The van der Waals surface area contributed by atoms with E-state index in [4.69, 9.17) is 0 Å². The van der Waals surface area contributed by atoms with E-state index in [9.17, 15) is 21.6 Å². The summed E-state index contributed by atoms with van der Waals surface area (Å²) in [6.45, 7) is 0. The lowest BCUT2D eigenvalue weighted by molar-refractivity contribution is -0.0500. The summed E-state index contributed by atoms with van der Waals surface area (Å²) in [6, 6.07) is 4.93. The van der Waals surface area contributed by atoms with Gasteiger partial charge in [-0.05, 0) is 24.3 Å². The highest BCUT2D eigenvalue weighted by atomic mass is 79.9. The van der Waals surface area contributed by atoms with Crippen molar-refractivity contribution in [1.82, 2.24) is 0 Å². The van der Waals surface area contributed by atoms with Crippen LogP contribution in [0.25, 0.3) is 0 Å². The van der Waals surface area contributed by atoms with Gasteiger partial charge in [0.1, 0.15) is 5.75 Å². The van der Waals surface area contributed by atoms with Crippen molar-refractivity contribution in [3.63, 3.8) is 0 Å². The SMILES string of the molecule is O=S(=O)(Oc1ccc(Br)cc1)C(F)(F)F.S. The third-order valence-electron chi connectivity index (χ3n) is 1.30. The minimum atomic E-state index is -5.58. The van der Waals surface area contributed by atoms with Crippen LogP contribution in [0.4, 0.5) is 13.2 Å². The molecule has 0 bridgehead atoms. The fourth-order valence-electron chi connectivity index (χ4n) is 0.664. The lowest BCUT2D eigenvalue weighted by Crippen LogP contribution is -2.27. The van der Waals surface area contributed by atoms with Gasteiger partial charge in [-0.1, -0.05) is 15.9 Å². The van der Waals surface area contributed by atoms with Crippen LogP contribution in [0, 0.1) is 0 Å². The quantitative estimate of drug-likeness (QED) is 0.615. The average molecular weight is 339 g/mol. The molecule has 92 valence electrons. The van der Waals surface area contributed by atoms with Gasteiger partial charge >= 0.3 is 15.6 Å². The van der Waals surface area contributed by atoms with Crippen LogP contribution in [0.3, 0.4) is 0 Å². The fraction of sp³-hybridized carbons (Fsp3) is 0.143. The van der Waals surface area contributed by atoms with E-state index in [1.54, 1.807) is 0 Å². The van der Waals surface area contributed by atoms with E-state index in [0.29, 0.717) is 4.47 Å². The Balaban J connectivity index is 0.00000225. The molecule has 0 heterocycles. The first-order chi connectivity index (χ1) is 6.72. The molecule has 0 radical (unpaired) electrons. The first-order valence-corrected chi connectivity index (χ1v) is 5.69. The van der Waals surface area contributed by atoms with Crippen LogP contribution in [0.5, 0.6) is 5.75 Å². The van der Waals surface area contributed by atoms with Gasteiger partial charge in [0.25, 0.3) is 0 Å². The molecule has 0 amide bonds. The van der Waals surface area contributed by atoms with Gasteiger partial charge in [0, 0.05) is 4.47 Å². The smallest absolute Gasteiger partial charge is 0.376 e. The van der Waals surface area contributed by atoms with E-state index in [0.717, 1.165) is 12.1 Å². The predicted octanol–water partition coefficient (Wildman–Crippen LogP) is 2.79. The molecule has 3 nitrogen and oxygen atoms in total. The molecule has 0 saturated heterocycles. The molecular formula is C7H6BrF3O3S2. The molecule has 0 spiro atoms. The van der Waals surface area contributed by atoms with Gasteiger partial charge in [-0.25, -0.2) is 0 Å². The van der Waals surface area contributed by atoms with Crippen LogP contribution >= 0.6 is 29.4 Å². The van der Waals surface area contributed by atoms with Crippen LogP contribution in [-0.4, -0.2) is 13.9 Å². The Labute approximate surface area is 105 Å². The van der Waals surface area contributed by atoms with E-state index in [2.05, 4.69) is 20.1 Å². The number of halogens is 4. The van der Waals surface area contributed by atoms with Crippen molar-refractivity contribution in [3.8, 4) is 5.75 Å². The van der Waals surface area contributed by atoms with E-state index in [-0.39, 0.29) is 13.5 Å². The number of hydrogen-bond donors (Lipinski definition) is 0. The third-order valence-corrected chi connectivity index (χ3v) is 2.81. The average Bonchev–Trinajstić information content (AvgIpc) is 2.06. The minimum absolute atomic E-state index is 0. The van der Waals surface area contributed by atoms with Gasteiger partial charge in [-0.15, -0.1) is 0 Å². The molecule has 16 heavy (non-hydrogen) atoms. The first-order valence-electron chi connectivity index (χ1n) is 3.49. The summed E-state index contributed by atoms with van der Waals surface area (Å²) < 4.78 is 61.2. The maximum absolute atomic E-state index is 11.9. The van der Waals surface area contributed by atoms with Crippen LogP contribution in [0.1, 0.15) is 0 Å². The molecule has 1 rings (SSSR count). The molecule has 0 fully saturated rings. The molecule has 1 aromatic rings. The molecular weight excluding hydrogens is 333 g/mol. The second-order valence-electron chi connectivity index (χ2n) is 2.44. The minimum Gasteiger partial charge on any atom is -0.376 e. The Bertz CT molecular complexity index is 441. The Kier molecular flexibility index (Phi) is 5.15. The van der Waals surface area contributed by atoms with Crippen molar-refractivity contribution in [2.45, 2.75) is 5.51 Å². The Morgan fingerprint density at radius 2 is 1.56 bits per heavy atom. The zero-order valence-electron chi connectivity index (χ0n) is 7.45. The van der Waals surface area contributed by atoms with Gasteiger partial charge in [-0.3, -0.25) is 0 Å². The van der Waals surface area contributed by atoms with Crippen molar-refractivity contribution < 1.29 is 25.8 Å². The normalized spacial score (nSPS) is 11.8. The summed E-state index contributed by atoms with van der Waals surface area (Å²) in [5.74, 6) is -0.393. The van der Waals surface area contributed by atoms with E-state index in [1.807, 2.05) is 0 Å². The monoisotopic (exact) mass is 338 g/mol. The van der Waals surface area contributed by atoms with E-state index >= 15 is 0 Å². The number of hydrogen-bond acceptors (Lipinski definition) is 3. The zero-order chi connectivity index (χ0) is 11.7. The molecule has 0 unspecified atom stereocenters. The van der Waals surface area contributed by atoms with E-state index < -0.39 is 21.4 Å². The summed E-state index contributed by atoms with van der Waals surface area (Å²) >= 11 is 3.04. The maximum atomic E-state index is 11.9. The maximum Gasteiger partial charge on any atom is 0.534 e. The zero-order valence-corrected chi connectivity index (χ0v) is 10.9. The van der Waals surface area contributed by atoms with Gasteiger partial charge < -0.3 is 4.18 Å². The van der Waals surface area contributed by atoms with Crippen molar-refractivity contribution in [2.24, 2.45) is 0 Å². The summed E-state index contributed by atoms with van der Waals surface area (Å²) in [5, 5.41) is 0. The van der Waals surface area contributed by atoms with Crippen molar-refractivity contribution in [2.75, 3.05) is 0 Å². The predicted molar refractivity (Wildman–Crippen MR) is 60.1 cm³/mol. The molecule has 0 aliphatic carbocycles. The third kappa shape index (κ3) is 3.87. The summed E-state index contributed by atoms with van der Waals surface area (Å²) in [6.07, 6.45) is 0. The highest BCUT2D eigenvalue weighted by molar-refractivity contribution is 9.10. The summed E-state index contributed by atoms with van der Waals surface area (Å²) in [4.78, 5) is 0. The van der Waals surface area contributed by atoms with Crippen LogP contribution in [0.15, 0.2) is 28.7 Å². The number of alkyl halides is 3. The van der Waals surface area contributed by atoms with E-state index in [1.165, 1.54) is 12.1 Å². The molecule has 0 N–H and O–H groups in total. The molecule has 0 saturated carbocycles. The summed E-state index contributed by atoms with van der Waals surface area (Å²) in [5.41, 5.74) is -5.42. The molecule has 0 aliphatic rings. The van der Waals surface area contributed by atoms with Crippen molar-refractivity contribution in [1.29, 1.82) is 0 Å². The van der Waals surface area contributed by atoms with Gasteiger partial charge in [-0.2, -0.15) is 35.1 Å². The van der Waals surface area contributed by atoms with Crippen molar-refractivity contribution in [3.05, 3.63) is 28.7 Å². The number of benzene rings is 1. The lowest BCUT2D eigenvalue weighted by atomic mass is 10.3. The van der Waals surface area contributed by atoms with Crippen LogP contribution in [0.2, 0.25) is 0 Å². The van der Waals surface area contributed by atoms with Crippen LogP contribution < -0.4 is 4.18 Å². The molecule has 1 aromatic carbocycles. The summed E-state index contributed by atoms with van der Waals surface area (Å²) in [7, 11) is -5.58. The van der Waals surface area contributed by atoms with Crippen molar-refractivity contribution >= 4 is 39.5 Å². The fourth-order valence-corrected chi connectivity index (χ4v) is 1.39. The lowest BCUT2D eigenvalue weighted by Gasteiger charge is -2.08. The highest BCUT2D eigenvalue weighted by Gasteiger charge is 2.48. The van der Waals surface area contributed by atoms with Crippen LogP contribution in [-0.2, 0) is 10.1 Å². The van der Waals surface area contributed by atoms with Gasteiger partial charge in [0.05, 0.1) is 0 Å². The molecule has 0 aliphatic heterocycles. The van der Waals surface area contributed by atoms with Gasteiger partial charge in [0.15, 0.2) is 0 Å². The topological polar surface area (TPSA) is 43.4 Å². The Hall–Kier alpha value is -0.410. The Morgan fingerprint density at radius 3 is 1.94 bits per heavy atom. The second-order valence-corrected chi connectivity index (χ2v) is 4.89. The first kappa shape index (κ1) is 15.6. The molecule has 9 heteroatoms. The number of rotatable bonds is 2. The van der Waals surface area contributed by atoms with Gasteiger partial charge in [0.2, 0.25) is 0 Å². The largest absolute Gasteiger partial charge is 0.534 e. The standard InChI is InChI=1S/C7H4BrF3O3S.H2S/c8-5-1-3-6(4-2-5)14-15(12,13)7(9,10)11;/h1-4H;1H2.